The van der Waals surface area contributed by atoms with E-state index in [1.54, 1.807) is 39.7 Å². The maximum Gasteiger partial charge on any atom is 0.254 e. The molecule has 2 N–H and O–H groups in total. The van der Waals surface area contributed by atoms with E-state index in [9.17, 15) is 9.18 Å². The molecular formula is C26H23FN6O. The van der Waals surface area contributed by atoms with Gasteiger partial charge in [0, 0.05) is 17.1 Å². The molecule has 5 aromatic rings. The van der Waals surface area contributed by atoms with Gasteiger partial charge in [-0.25, -0.2) is 14.5 Å². The molecule has 1 aromatic carbocycles. The van der Waals surface area contributed by atoms with E-state index in [1.165, 1.54) is 6.07 Å². The molecule has 1 atom stereocenters. The standard InChI is InChI=1S/C26H23FN6O/c1-16-12-19-13-18(9-10-23(19)30-25(16)28)26(34)32(17(2)22-7-5-8-24(27)29-22)15-20-14-21-6-3-4-11-33(21)31-20/h3-14,17H,15H2,1-2H3,(H2,28,30). The number of fused-ring (bicyclic) bond motifs is 2. The number of nitrogens with two attached hydrogens (primary N) is 1. The fraction of sp³-hybridized carbons (Fsp3) is 0.154. The third-order valence-corrected chi connectivity index (χ3v) is 5.94. The summed E-state index contributed by atoms with van der Waals surface area (Å²) in [4.78, 5) is 23.8. The summed E-state index contributed by atoms with van der Waals surface area (Å²) >= 11 is 0. The van der Waals surface area contributed by atoms with E-state index in [2.05, 4.69) is 15.1 Å². The molecular weight excluding hydrogens is 431 g/mol. The summed E-state index contributed by atoms with van der Waals surface area (Å²) in [6, 6.07) is 19.0. The zero-order valence-corrected chi connectivity index (χ0v) is 18.8. The van der Waals surface area contributed by atoms with E-state index in [0.717, 1.165) is 16.5 Å². The van der Waals surface area contributed by atoms with Gasteiger partial charge in [0.05, 0.1) is 35.0 Å². The molecule has 170 valence electrons. The van der Waals surface area contributed by atoms with Crippen LogP contribution < -0.4 is 5.73 Å². The molecule has 0 saturated heterocycles. The quantitative estimate of drug-likeness (QED) is 0.389. The Morgan fingerprint density at radius 3 is 2.74 bits per heavy atom. The maximum absolute atomic E-state index is 13.9. The average molecular weight is 455 g/mol. The second kappa shape index (κ2) is 8.55. The lowest BCUT2D eigenvalue weighted by Crippen LogP contribution is -2.34. The van der Waals surface area contributed by atoms with Crippen LogP contribution in [0.3, 0.4) is 0 Å². The van der Waals surface area contributed by atoms with Gasteiger partial charge in [0.25, 0.3) is 5.91 Å². The van der Waals surface area contributed by atoms with Crippen LogP contribution in [-0.4, -0.2) is 30.4 Å². The minimum absolute atomic E-state index is 0.216. The summed E-state index contributed by atoms with van der Waals surface area (Å²) in [5.41, 5.74) is 10.1. The molecule has 0 aliphatic carbocycles. The third kappa shape index (κ3) is 4.05. The van der Waals surface area contributed by atoms with E-state index in [4.69, 9.17) is 5.73 Å². The number of aryl methyl sites for hydroxylation is 1. The average Bonchev–Trinajstić information content (AvgIpc) is 3.25. The molecule has 4 aromatic heterocycles. The summed E-state index contributed by atoms with van der Waals surface area (Å²) in [6.45, 7) is 3.95. The Morgan fingerprint density at radius 2 is 1.94 bits per heavy atom. The van der Waals surface area contributed by atoms with Crippen LogP contribution in [-0.2, 0) is 6.54 Å². The zero-order valence-electron chi connectivity index (χ0n) is 18.8. The first kappa shape index (κ1) is 21.5. The highest BCUT2D eigenvalue weighted by molar-refractivity contribution is 5.98. The molecule has 0 radical (unpaired) electrons. The molecule has 0 fully saturated rings. The van der Waals surface area contributed by atoms with Crippen molar-refractivity contribution < 1.29 is 9.18 Å². The first-order valence-corrected chi connectivity index (χ1v) is 10.9. The fourth-order valence-corrected chi connectivity index (χ4v) is 4.04. The fourth-order valence-electron chi connectivity index (χ4n) is 4.04. The first-order valence-electron chi connectivity index (χ1n) is 10.9. The van der Waals surface area contributed by atoms with Crippen LogP contribution >= 0.6 is 0 Å². The van der Waals surface area contributed by atoms with E-state index >= 15 is 0 Å². The van der Waals surface area contributed by atoms with Crippen LogP contribution in [0.4, 0.5) is 10.2 Å². The molecule has 0 aliphatic rings. The number of carbonyl (C=O) groups is 1. The van der Waals surface area contributed by atoms with Crippen molar-refractivity contribution in [2.75, 3.05) is 5.73 Å². The molecule has 1 unspecified atom stereocenters. The molecule has 0 saturated carbocycles. The number of hydrogen-bond acceptors (Lipinski definition) is 5. The van der Waals surface area contributed by atoms with Crippen LogP contribution in [0.25, 0.3) is 16.4 Å². The second-order valence-corrected chi connectivity index (χ2v) is 8.30. The SMILES string of the molecule is Cc1cc2cc(C(=O)N(Cc3cc4ccccn4n3)C(C)c3cccc(F)n3)ccc2nc1N. The van der Waals surface area contributed by atoms with Gasteiger partial charge in [-0.1, -0.05) is 12.1 Å². The number of rotatable bonds is 5. The van der Waals surface area contributed by atoms with E-state index in [0.29, 0.717) is 28.3 Å². The summed E-state index contributed by atoms with van der Waals surface area (Å²) in [7, 11) is 0. The first-order chi connectivity index (χ1) is 16.4. The van der Waals surface area contributed by atoms with Crippen LogP contribution in [0, 0.1) is 12.9 Å². The van der Waals surface area contributed by atoms with Gasteiger partial charge in [-0.2, -0.15) is 9.49 Å². The number of carbonyl (C=O) groups excluding carboxylic acids is 1. The van der Waals surface area contributed by atoms with Crippen molar-refractivity contribution in [2.24, 2.45) is 0 Å². The van der Waals surface area contributed by atoms with Gasteiger partial charge in [0.2, 0.25) is 5.95 Å². The number of nitrogens with zero attached hydrogens (tertiary/aromatic N) is 5. The number of nitrogen functional groups attached to an aromatic ring is 1. The molecule has 34 heavy (non-hydrogen) atoms. The van der Waals surface area contributed by atoms with Crippen LogP contribution in [0.5, 0.6) is 0 Å². The third-order valence-electron chi connectivity index (χ3n) is 5.94. The summed E-state index contributed by atoms with van der Waals surface area (Å²) < 4.78 is 15.6. The van der Waals surface area contributed by atoms with Crippen molar-refractivity contribution in [3.63, 3.8) is 0 Å². The van der Waals surface area contributed by atoms with Gasteiger partial charge in [-0.3, -0.25) is 4.79 Å². The van der Waals surface area contributed by atoms with E-state index in [1.807, 2.05) is 50.4 Å². The zero-order chi connectivity index (χ0) is 23.8. The Balaban J connectivity index is 1.55. The molecule has 5 rings (SSSR count). The Hall–Kier alpha value is -4.33. The van der Waals surface area contributed by atoms with Crippen molar-refractivity contribution in [1.29, 1.82) is 0 Å². The number of hydrogen-bond donors (Lipinski definition) is 1. The lowest BCUT2D eigenvalue weighted by Gasteiger charge is -2.28. The Kier molecular flexibility index (Phi) is 5.41. The molecule has 0 spiro atoms. The molecule has 4 heterocycles. The van der Waals surface area contributed by atoms with Gasteiger partial charge in [0.1, 0.15) is 5.82 Å². The monoisotopic (exact) mass is 454 g/mol. The number of anilines is 1. The van der Waals surface area contributed by atoms with E-state index < -0.39 is 12.0 Å². The number of halogens is 1. The van der Waals surface area contributed by atoms with E-state index in [-0.39, 0.29) is 12.5 Å². The lowest BCUT2D eigenvalue weighted by molar-refractivity contribution is 0.0667. The lowest BCUT2D eigenvalue weighted by atomic mass is 10.1. The number of pyridine rings is 3. The van der Waals surface area contributed by atoms with Crippen molar-refractivity contribution >= 4 is 28.1 Å². The van der Waals surface area contributed by atoms with Gasteiger partial charge < -0.3 is 10.6 Å². The largest absolute Gasteiger partial charge is 0.383 e. The number of benzene rings is 1. The molecule has 8 heteroatoms. The minimum Gasteiger partial charge on any atom is -0.383 e. The predicted molar refractivity (Wildman–Crippen MR) is 129 cm³/mol. The van der Waals surface area contributed by atoms with Gasteiger partial charge in [-0.15, -0.1) is 0 Å². The van der Waals surface area contributed by atoms with Crippen molar-refractivity contribution in [1.82, 2.24) is 24.5 Å². The van der Waals surface area contributed by atoms with Crippen LogP contribution in [0.15, 0.2) is 72.9 Å². The molecule has 0 bridgehead atoms. The Labute approximate surface area is 195 Å². The smallest absolute Gasteiger partial charge is 0.254 e. The number of amides is 1. The van der Waals surface area contributed by atoms with Crippen molar-refractivity contribution in [2.45, 2.75) is 26.4 Å². The van der Waals surface area contributed by atoms with Crippen molar-refractivity contribution in [3.05, 3.63) is 101 Å². The van der Waals surface area contributed by atoms with Crippen LogP contribution in [0.2, 0.25) is 0 Å². The van der Waals surface area contributed by atoms with Crippen LogP contribution in [0.1, 0.15) is 40.3 Å². The highest BCUT2D eigenvalue weighted by Gasteiger charge is 2.25. The van der Waals surface area contributed by atoms with Crippen molar-refractivity contribution in [3.8, 4) is 0 Å². The summed E-state index contributed by atoms with van der Waals surface area (Å²) in [6.07, 6.45) is 1.85. The second-order valence-electron chi connectivity index (χ2n) is 8.30. The van der Waals surface area contributed by atoms with Gasteiger partial charge >= 0.3 is 0 Å². The number of aromatic nitrogens is 4. The summed E-state index contributed by atoms with van der Waals surface area (Å²) in [5, 5.41) is 5.42. The predicted octanol–water partition coefficient (Wildman–Crippen LogP) is 4.71. The molecule has 7 nitrogen and oxygen atoms in total. The Morgan fingerprint density at radius 1 is 1.09 bits per heavy atom. The minimum atomic E-state index is -0.589. The highest BCUT2D eigenvalue weighted by Crippen LogP contribution is 2.26. The van der Waals surface area contributed by atoms with Gasteiger partial charge in [-0.05, 0) is 74.0 Å². The molecule has 1 amide bonds. The normalized spacial score (nSPS) is 12.2. The molecule has 0 aliphatic heterocycles. The topological polar surface area (TPSA) is 89.4 Å². The highest BCUT2D eigenvalue weighted by atomic mass is 19.1. The maximum atomic E-state index is 13.9. The summed E-state index contributed by atoms with van der Waals surface area (Å²) in [5.74, 6) is -0.341. The van der Waals surface area contributed by atoms with Gasteiger partial charge in [0.15, 0.2) is 0 Å². The Bertz CT molecular complexity index is 1500.